The SMILES string of the molecule is Cc1cc(Cl)c(C(=O)N(CCO)CC(F)F)cn1. The Bertz CT molecular complexity index is 430. The topological polar surface area (TPSA) is 53.4 Å². The molecule has 0 atom stereocenters. The maximum absolute atomic E-state index is 12.3. The zero-order chi connectivity index (χ0) is 13.7. The Kier molecular flexibility index (Phi) is 5.43. The molecule has 0 radical (unpaired) electrons. The van der Waals surface area contributed by atoms with Crippen LogP contribution in [0.5, 0.6) is 0 Å². The van der Waals surface area contributed by atoms with Crippen LogP contribution in [0.4, 0.5) is 8.78 Å². The summed E-state index contributed by atoms with van der Waals surface area (Å²) in [5.41, 5.74) is 0.676. The van der Waals surface area contributed by atoms with Crippen LogP contribution >= 0.6 is 11.6 Å². The van der Waals surface area contributed by atoms with Gasteiger partial charge in [-0.05, 0) is 13.0 Å². The first-order valence-corrected chi connectivity index (χ1v) is 5.64. The number of aryl methyl sites for hydroxylation is 1. The zero-order valence-electron chi connectivity index (χ0n) is 9.74. The van der Waals surface area contributed by atoms with Crippen molar-refractivity contribution in [1.29, 1.82) is 0 Å². The van der Waals surface area contributed by atoms with Crippen molar-refractivity contribution in [3.05, 3.63) is 28.5 Å². The van der Waals surface area contributed by atoms with E-state index in [1.165, 1.54) is 12.3 Å². The minimum atomic E-state index is -2.67. The van der Waals surface area contributed by atoms with Crippen molar-refractivity contribution in [2.24, 2.45) is 0 Å². The summed E-state index contributed by atoms with van der Waals surface area (Å²) in [6.07, 6.45) is -1.42. The Balaban J connectivity index is 2.94. The molecule has 1 aromatic rings. The number of nitrogens with zero attached hydrogens (tertiary/aromatic N) is 2. The van der Waals surface area contributed by atoms with Crippen molar-refractivity contribution in [3.63, 3.8) is 0 Å². The molecular formula is C11H13ClF2N2O2. The summed E-state index contributed by atoms with van der Waals surface area (Å²) in [6, 6.07) is 1.48. The van der Waals surface area contributed by atoms with Crippen LogP contribution in [0.3, 0.4) is 0 Å². The number of hydrogen-bond acceptors (Lipinski definition) is 3. The number of aliphatic hydroxyl groups excluding tert-OH is 1. The normalized spacial score (nSPS) is 10.8. The van der Waals surface area contributed by atoms with E-state index in [4.69, 9.17) is 16.7 Å². The van der Waals surface area contributed by atoms with Gasteiger partial charge in [-0.2, -0.15) is 0 Å². The fourth-order valence-electron chi connectivity index (χ4n) is 1.42. The van der Waals surface area contributed by atoms with Gasteiger partial charge in [0.2, 0.25) is 0 Å². The molecule has 0 saturated carbocycles. The van der Waals surface area contributed by atoms with Crippen molar-refractivity contribution in [1.82, 2.24) is 9.88 Å². The molecule has 0 saturated heterocycles. The standard InChI is InChI=1S/C11H13ClF2N2O2/c1-7-4-9(12)8(5-15-7)11(18)16(2-3-17)6-10(13)14/h4-5,10,17H,2-3,6H2,1H3. The molecule has 0 aromatic carbocycles. The van der Waals surface area contributed by atoms with Crippen LogP contribution in [0.1, 0.15) is 16.1 Å². The molecule has 1 aromatic heterocycles. The van der Waals surface area contributed by atoms with Crippen molar-refractivity contribution in [3.8, 4) is 0 Å². The van der Waals surface area contributed by atoms with Crippen molar-refractivity contribution >= 4 is 17.5 Å². The third-order valence-electron chi connectivity index (χ3n) is 2.24. The Morgan fingerprint density at radius 3 is 2.78 bits per heavy atom. The molecule has 0 bridgehead atoms. The average molecular weight is 279 g/mol. The quantitative estimate of drug-likeness (QED) is 0.893. The molecule has 1 N–H and O–H groups in total. The van der Waals surface area contributed by atoms with Gasteiger partial charge in [-0.15, -0.1) is 0 Å². The summed E-state index contributed by atoms with van der Waals surface area (Å²) in [5, 5.41) is 8.93. The Morgan fingerprint density at radius 1 is 1.61 bits per heavy atom. The van der Waals surface area contributed by atoms with E-state index >= 15 is 0 Å². The number of aliphatic hydroxyl groups is 1. The number of pyridine rings is 1. The molecule has 0 fully saturated rings. The molecule has 1 rings (SSSR count). The van der Waals surface area contributed by atoms with E-state index in [-0.39, 0.29) is 17.1 Å². The minimum Gasteiger partial charge on any atom is -0.395 e. The molecule has 7 heteroatoms. The predicted octanol–water partition coefficient (Wildman–Crippen LogP) is 1.74. The number of carbonyl (C=O) groups excluding carboxylic acids is 1. The zero-order valence-corrected chi connectivity index (χ0v) is 10.5. The lowest BCUT2D eigenvalue weighted by molar-refractivity contribution is 0.0509. The van der Waals surface area contributed by atoms with Gasteiger partial charge in [-0.1, -0.05) is 11.6 Å². The maximum Gasteiger partial charge on any atom is 0.257 e. The number of halogens is 3. The Morgan fingerprint density at radius 2 is 2.28 bits per heavy atom. The van der Waals surface area contributed by atoms with E-state index in [1.807, 2.05) is 0 Å². The van der Waals surface area contributed by atoms with E-state index in [9.17, 15) is 13.6 Å². The molecule has 0 unspecified atom stereocenters. The van der Waals surface area contributed by atoms with Crippen LogP contribution in [0, 0.1) is 6.92 Å². The highest BCUT2D eigenvalue weighted by molar-refractivity contribution is 6.33. The molecule has 0 aliphatic heterocycles. The second-order valence-corrected chi connectivity index (χ2v) is 4.08. The number of alkyl halides is 2. The lowest BCUT2D eigenvalue weighted by Gasteiger charge is -2.21. The largest absolute Gasteiger partial charge is 0.395 e. The van der Waals surface area contributed by atoms with Crippen molar-refractivity contribution < 1.29 is 18.7 Å². The van der Waals surface area contributed by atoms with Gasteiger partial charge in [-0.25, -0.2) is 8.78 Å². The van der Waals surface area contributed by atoms with Gasteiger partial charge in [0.15, 0.2) is 0 Å². The number of hydrogen-bond donors (Lipinski definition) is 1. The maximum atomic E-state index is 12.3. The van der Waals surface area contributed by atoms with E-state index in [2.05, 4.69) is 4.98 Å². The Hall–Kier alpha value is -1.27. The van der Waals surface area contributed by atoms with Crippen LogP contribution in [-0.2, 0) is 0 Å². The monoisotopic (exact) mass is 278 g/mol. The highest BCUT2D eigenvalue weighted by atomic mass is 35.5. The van der Waals surface area contributed by atoms with E-state index in [1.54, 1.807) is 6.92 Å². The molecule has 0 aliphatic carbocycles. The van der Waals surface area contributed by atoms with E-state index in [0.29, 0.717) is 5.69 Å². The Labute approximate surface area is 108 Å². The first-order chi connectivity index (χ1) is 8.45. The fourth-order valence-corrected chi connectivity index (χ4v) is 1.70. The first-order valence-electron chi connectivity index (χ1n) is 5.26. The number of rotatable bonds is 5. The van der Waals surface area contributed by atoms with Gasteiger partial charge >= 0.3 is 0 Å². The average Bonchev–Trinajstić information content (AvgIpc) is 2.27. The predicted molar refractivity (Wildman–Crippen MR) is 63.0 cm³/mol. The van der Waals surface area contributed by atoms with Crippen molar-refractivity contribution in [2.45, 2.75) is 13.3 Å². The smallest absolute Gasteiger partial charge is 0.257 e. The third kappa shape index (κ3) is 3.89. The number of amides is 1. The lowest BCUT2D eigenvalue weighted by Crippen LogP contribution is -2.37. The minimum absolute atomic E-state index is 0.0522. The van der Waals surface area contributed by atoms with Gasteiger partial charge in [-0.3, -0.25) is 9.78 Å². The van der Waals surface area contributed by atoms with Crippen LogP contribution in [-0.4, -0.2) is 47.0 Å². The summed E-state index contributed by atoms with van der Waals surface area (Å²) in [4.78, 5) is 16.7. The molecule has 1 heterocycles. The van der Waals surface area contributed by atoms with Gasteiger partial charge in [0.1, 0.15) is 0 Å². The summed E-state index contributed by atoms with van der Waals surface area (Å²) in [7, 11) is 0. The molecular weight excluding hydrogens is 266 g/mol. The number of carbonyl (C=O) groups is 1. The van der Waals surface area contributed by atoms with Gasteiger partial charge in [0.05, 0.1) is 23.7 Å². The molecule has 1 amide bonds. The molecule has 0 spiro atoms. The van der Waals surface area contributed by atoms with Gasteiger partial charge < -0.3 is 10.0 Å². The first kappa shape index (κ1) is 14.8. The molecule has 18 heavy (non-hydrogen) atoms. The van der Waals surface area contributed by atoms with E-state index in [0.717, 1.165) is 4.90 Å². The molecule has 0 aliphatic rings. The van der Waals surface area contributed by atoms with Crippen LogP contribution in [0.2, 0.25) is 5.02 Å². The summed E-state index contributed by atoms with van der Waals surface area (Å²) >= 11 is 5.87. The van der Waals surface area contributed by atoms with Gasteiger partial charge in [0, 0.05) is 18.4 Å². The molecule has 4 nitrogen and oxygen atoms in total. The summed E-state index contributed by atoms with van der Waals surface area (Å²) in [5.74, 6) is -0.665. The number of aromatic nitrogens is 1. The molecule has 100 valence electrons. The van der Waals surface area contributed by atoms with Crippen LogP contribution < -0.4 is 0 Å². The van der Waals surface area contributed by atoms with Crippen LogP contribution in [0.25, 0.3) is 0 Å². The van der Waals surface area contributed by atoms with Gasteiger partial charge in [0.25, 0.3) is 12.3 Å². The lowest BCUT2D eigenvalue weighted by atomic mass is 10.2. The second kappa shape index (κ2) is 6.61. The second-order valence-electron chi connectivity index (χ2n) is 3.67. The third-order valence-corrected chi connectivity index (χ3v) is 2.55. The van der Waals surface area contributed by atoms with Crippen LogP contribution in [0.15, 0.2) is 12.3 Å². The van der Waals surface area contributed by atoms with E-state index < -0.39 is 25.5 Å². The fraction of sp³-hybridized carbons (Fsp3) is 0.455. The highest BCUT2D eigenvalue weighted by Gasteiger charge is 2.21. The summed E-state index contributed by atoms with van der Waals surface area (Å²) < 4.78 is 24.6. The highest BCUT2D eigenvalue weighted by Crippen LogP contribution is 2.18. The van der Waals surface area contributed by atoms with Crippen molar-refractivity contribution in [2.75, 3.05) is 19.7 Å². The summed E-state index contributed by atoms with van der Waals surface area (Å²) in [6.45, 7) is 0.386.